The normalized spacial score (nSPS) is 31.2. The number of carbonyl (C=O) groups excluding carboxylic acids is 1. The van der Waals surface area contributed by atoms with Crippen LogP contribution in [0.15, 0.2) is 0 Å². The summed E-state index contributed by atoms with van der Waals surface area (Å²) in [5.41, 5.74) is -0.968. The van der Waals surface area contributed by atoms with E-state index in [9.17, 15) is 9.90 Å². The van der Waals surface area contributed by atoms with Crippen LogP contribution >= 0.6 is 0 Å². The highest BCUT2D eigenvalue weighted by molar-refractivity contribution is 5.77. The topological polar surface area (TPSA) is 58.6 Å². The first kappa shape index (κ1) is 13.8. The summed E-state index contributed by atoms with van der Waals surface area (Å²) in [5, 5.41) is 13.2. The molecule has 0 spiro atoms. The van der Waals surface area contributed by atoms with Crippen molar-refractivity contribution in [2.75, 3.05) is 13.2 Å². The summed E-state index contributed by atoms with van der Waals surface area (Å²) < 4.78 is 5.63. The van der Waals surface area contributed by atoms with Crippen LogP contribution in [0.3, 0.4) is 0 Å². The van der Waals surface area contributed by atoms with E-state index in [0.29, 0.717) is 6.54 Å². The third-order valence-corrected chi connectivity index (χ3v) is 4.23. The van der Waals surface area contributed by atoms with Crippen molar-refractivity contribution in [2.45, 2.75) is 69.5 Å². The highest BCUT2D eigenvalue weighted by Gasteiger charge is 2.34. The summed E-state index contributed by atoms with van der Waals surface area (Å²) in [6.45, 7) is 3.38. The van der Waals surface area contributed by atoms with Crippen LogP contribution in [-0.2, 0) is 9.53 Å². The molecule has 1 amide bonds. The van der Waals surface area contributed by atoms with Gasteiger partial charge in [0.1, 0.15) is 0 Å². The molecule has 0 aromatic carbocycles. The van der Waals surface area contributed by atoms with E-state index >= 15 is 0 Å². The second-order valence-electron chi connectivity index (χ2n) is 6.14. The number of rotatable bonds is 4. The van der Waals surface area contributed by atoms with Gasteiger partial charge in [-0.05, 0) is 32.6 Å². The molecule has 1 unspecified atom stereocenters. The maximum Gasteiger partial charge on any atom is 0.222 e. The lowest BCUT2D eigenvalue weighted by Gasteiger charge is -2.32. The van der Waals surface area contributed by atoms with E-state index in [1.54, 1.807) is 0 Å². The van der Waals surface area contributed by atoms with Crippen molar-refractivity contribution in [1.82, 2.24) is 5.32 Å². The molecule has 1 heterocycles. The zero-order chi connectivity index (χ0) is 13.1. The average molecular weight is 255 g/mol. The number of hydrogen-bond donors (Lipinski definition) is 2. The van der Waals surface area contributed by atoms with E-state index in [1.807, 2.05) is 6.92 Å². The fraction of sp³-hybridized carbons (Fsp3) is 0.929. The van der Waals surface area contributed by atoms with Crippen LogP contribution in [0, 0.1) is 0 Å². The van der Waals surface area contributed by atoms with Gasteiger partial charge in [-0.2, -0.15) is 0 Å². The van der Waals surface area contributed by atoms with Gasteiger partial charge in [0.25, 0.3) is 0 Å². The molecule has 18 heavy (non-hydrogen) atoms. The molecule has 0 bridgehead atoms. The van der Waals surface area contributed by atoms with E-state index in [0.717, 1.165) is 45.1 Å². The first-order valence-electron chi connectivity index (χ1n) is 7.15. The van der Waals surface area contributed by atoms with Crippen molar-refractivity contribution in [3.05, 3.63) is 0 Å². The van der Waals surface area contributed by atoms with Crippen molar-refractivity contribution in [3.63, 3.8) is 0 Å². The lowest BCUT2D eigenvalue weighted by atomic mass is 9.82. The van der Waals surface area contributed by atoms with Gasteiger partial charge in [0, 0.05) is 13.2 Å². The molecule has 4 heteroatoms. The minimum Gasteiger partial charge on any atom is -0.389 e. The van der Waals surface area contributed by atoms with Crippen molar-refractivity contribution < 1.29 is 14.6 Å². The van der Waals surface area contributed by atoms with Gasteiger partial charge >= 0.3 is 0 Å². The summed E-state index contributed by atoms with van der Waals surface area (Å²) in [6.07, 6.45) is 7.06. The summed E-state index contributed by atoms with van der Waals surface area (Å²) in [5.74, 6) is -0.0453. The molecule has 1 aliphatic carbocycles. The predicted molar refractivity (Wildman–Crippen MR) is 69.3 cm³/mol. The Bertz CT molecular complexity index is 291. The van der Waals surface area contributed by atoms with Gasteiger partial charge in [0.2, 0.25) is 5.91 Å². The van der Waals surface area contributed by atoms with Crippen LogP contribution in [0.1, 0.15) is 58.3 Å². The Hall–Kier alpha value is -0.610. The third-order valence-electron chi connectivity index (χ3n) is 4.23. The Kier molecular flexibility index (Phi) is 4.28. The quantitative estimate of drug-likeness (QED) is 0.804. The minimum absolute atomic E-state index is 0.0453. The zero-order valence-corrected chi connectivity index (χ0v) is 11.3. The van der Waals surface area contributed by atoms with Crippen molar-refractivity contribution in [2.24, 2.45) is 0 Å². The van der Waals surface area contributed by atoms with Crippen LogP contribution in [0.25, 0.3) is 0 Å². The maximum atomic E-state index is 11.9. The van der Waals surface area contributed by atoms with Gasteiger partial charge in [-0.15, -0.1) is 0 Å². The van der Waals surface area contributed by atoms with E-state index < -0.39 is 5.60 Å². The SMILES string of the molecule is CC1(CNC(=O)CC2(O)CCCCC2)CCCO1. The molecule has 0 radical (unpaired) electrons. The summed E-state index contributed by atoms with van der Waals surface area (Å²) in [7, 11) is 0. The predicted octanol–water partition coefficient (Wildman–Crippen LogP) is 1.76. The molecule has 2 N–H and O–H groups in total. The number of nitrogens with one attached hydrogen (secondary N) is 1. The number of ether oxygens (including phenoxy) is 1. The van der Waals surface area contributed by atoms with E-state index in [1.165, 1.54) is 6.42 Å². The Balaban J connectivity index is 1.74. The van der Waals surface area contributed by atoms with Crippen molar-refractivity contribution >= 4 is 5.91 Å². The second-order valence-corrected chi connectivity index (χ2v) is 6.14. The largest absolute Gasteiger partial charge is 0.389 e. The monoisotopic (exact) mass is 255 g/mol. The van der Waals surface area contributed by atoms with Crippen LogP contribution in [0.2, 0.25) is 0 Å². The first-order chi connectivity index (χ1) is 8.52. The molecule has 104 valence electrons. The Morgan fingerprint density at radius 2 is 1.94 bits per heavy atom. The van der Waals surface area contributed by atoms with Crippen LogP contribution in [0.4, 0.5) is 0 Å². The molecular formula is C14H25NO3. The molecule has 1 aliphatic heterocycles. The van der Waals surface area contributed by atoms with Crippen molar-refractivity contribution in [1.29, 1.82) is 0 Å². The molecular weight excluding hydrogens is 230 g/mol. The fourth-order valence-electron chi connectivity index (χ4n) is 3.01. The zero-order valence-electron chi connectivity index (χ0n) is 11.3. The molecule has 2 rings (SSSR count). The lowest BCUT2D eigenvalue weighted by molar-refractivity contribution is -0.128. The van der Waals surface area contributed by atoms with E-state index in [4.69, 9.17) is 4.74 Å². The van der Waals surface area contributed by atoms with Crippen LogP contribution in [0.5, 0.6) is 0 Å². The molecule has 1 saturated heterocycles. The number of hydrogen-bond acceptors (Lipinski definition) is 3. The molecule has 0 aromatic rings. The minimum atomic E-state index is -0.764. The van der Waals surface area contributed by atoms with Crippen molar-refractivity contribution in [3.8, 4) is 0 Å². The number of carbonyl (C=O) groups is 1. The molecule has 1 saturated carbocycles. The Labute approximate surface area is 109 Å². The summed E-state index contributed by atoms with van der Waals surface area (Å²) in [6, 6.07) is 0. The Morgan fingerprint density at radius 3 is 2.56 bits per heavy atom. The first-order valence-corrected chi connectivity index (χ1v) is 7.15. The molecule has 2 aliphatic rings. The van der Waals surface area contributed by atoms with Gasteiger partial charge < -0.3 is 15.2 Å². The molecule has 4 nitrogen and oxygen atoms in total. The van der Waals surface area contributed by atoms with Gasteiger partial charge in [0.05, 0.1) is 17.6 Å². The van der Waals surface area contributed by atoms with Gasteiger partial charge in [-0.3, -0.25) is 4.79 Å². The smallest absolute Gasteiger partial charge is 0.222 e. The number of aliphatic hydroxyl groups is 1. The van der Waals surface area contributed by atoms with Crippen LogP contribution in [-0.4, -0.2) is 35.4 Å². The maximum absolute atomic E-state index is 11.9. The fourth-order valence-corrected chi connectivity index (χ4v) is 3.01. The lowest BCUT2D eigenvalue weighted by Crippen LogP contribution is -2.44. The number of amides is 1. The third kappa shape index (κ3) is 3.69. The summed E-state index contributed by atoms with van der Waals surface area (Å²) in [4.78, 5) is 11.9. The molecule has 0 aromatic heterocycles. The van der Waals surface area contributed by atoms with Gasteiger partial charge in [0.15, 0.2) is 0 Å². The van der Waals surface area contributed by atoms with Gasteiger partial charge in [-0.1, -0.05) is 19.3 Å². The van der Waals surface area contributed by atoms with E-state index in [2.05, 4.69) is 5.32 Å². The molecule has 1 atom stereocenters. The highest BCUT2D eigenvalue weighted by Crippen LogP contribution is 2.31. The van der Waals surface area contributed by atoms with Crippen LogP contribution < -0.4 is 5.32 Å². The average Bonchev–Trinajstić information content (AvgIpc) is 2.75. The summed E-state index contributed by atoms with van der Waals surface area (Å²) >= 11 is 0. The standard InChI is InChI=1S/C14H25NO3/c1-13(6-5-9-18-13)11-15-12(16)10-14(17)7-3-2-4-8-14/h17H,2-11H2,1H3,(H,15,16). The molecule has 2 fully saturated rings. The highest BCUT2D eigenvalue weighted by atomic mass is 16.5. The van der Waals surface area contributed by atoms with Gasteiger partial charge in [-0.25, -0.2) is 0 Å². The Morgan fingerprint density at radius 1 is 1.22 bits per heavy atom. The van der Waals surface area contributed by atoms with E-state index in [-0.39, 0.29) is 17.9 Å². The second kappa shape index (κ2) is 5.57.